The summed E-state index contributed by atoms with van der Waals surface area (Å²) in [7, 11) is 0. The predicted molar refractivity (Wildman–Crippen MR) is 55.4 cm³/mol. The molecule has 0 bridgehead atoms. The molecule has 13 heavy (non-hydrogen) atoms. The van der Waals surface area contributed by atoms with Crippen LogP contribution in [0, 0.1) is 29.6 Å². The molecule has 4 unspecified atom stereocenters. The summed E-state index contributed by atoms with van der Waals surface area (Å²) >= 11 is 0. The molecule has 3 aliphatic rings. The van der Waals surface area contributed by atoms with Crippen LogP contribution in [0.4, 0.5) is 0 Å². The molecule has 0 heteroatoms. The summed E-state index contributed by atoms with van der Waals surface area (Å²) in [5, 5.41) is 0. The SMILES string of the molecule is [2H][C@]1(C)CCC2CCC3CCCC1C32. The van der Waals surface area contributed by atoms with E-state index in [-0.39, 0.29) is 5.89 Å². The van der Waals surface area contributed by atoms with Crippen LogP contribution in [0.1, 0.15) is 53.2 Å². The van der Waals surface area contributed by atoms with E-state index in [4.69, 9.17) is 1.37 Å². The van der Waals surface area contributed by atoms with E-state index < -0.39 is 0 Å². The van der Waals surface area contributed by atoms with Crippen molar-refractivity contribution >= 4 is 0 Å². The van der Waals surface area contributed by atoms with E-state index in [1.165, 1.54) is 44.9 Å². The van der Waals surface area contributed by atoms with Gasteiger partial charge in [-0.05, 0) is 55.2 Å². The normalized spacial score (nSPS) is 61.5. The summed E-state index contributed by atoms with van der Waals surface area (Å²) in [4.78, 5) is 0. The van der Waals surface area contributed by atoms with Crippen LogP contribution in [0.25, 0.3) is 0 Å². The van der Waals surface area contributed by atoms with Crippen LogP contribution in [0.2, 0.25) is 0 Å². The highest BCUT2D eigenvalue weighted by Gasteiger charge is 2.46. The molecule has 0 aromatic heterocycles. The third-order valence-corrected chi connectivity index (χ3v) is 5.09. The minimum Gasteiger partial charge on any atom is -0.0622 e. The minimum atomic E-state index is -0.0792. The zero-order chi connectivity index (χ0) is 9.76. The summed E-state index contributed by atoms with van der Waals surface area (Å²) in [6, 6.07) is 0. The third-order valence-electron chi connectivity index (χ3n) is 5.09. The predicted octanol–water partition coefficient (Wildman–Crippen LogP) is 3.86. The van der Waals surface area contributed by atoms with Crippen LogP contribution in [-0.2, 0) is 0 Å². The van der Waals surface area contributed by atoms with Gasteiger partial charge in [-0.1, -0.05) is 26.2 Å². The van der Waals surface area contributed by atoms with Crippen molar-refractivity contribution in [1.29, 1.82) is 0 Å². The van der Waals surface area contributed by atoms with Gasteiger partial charge in [0.2, 0.25) is 0 Å². The van der Waals surface area contributed by atoms with Crippen molar-refractivity contribution in [1.82, 2.24) is 0 Å². The molecule has 5 atom stereocenters. The van der Waals surface area contributed by atoms with Gasteiger partial charge < -0.3 is 0 Å². The summed E-state index contributed by atoms with van der Waals surface area (Å²) < 4.78 is 8.46. The lowest BCUT2D eigenvalue weighted by molar-refractivity contribution is 0.0518. The van der Waals surface area contributed by atoms with E-state index in [9.17, 15) is 0 Å². The van der Waals surface area contributed by atoms with Crippen LogP contribution >= 0.6 is 0 Å². The Morgan fingerprint density at radius 2 is 1.62 bits per heavy atom. The number of rotatable bonds is 0. The second-order valence-corrected chi connectivity index (χ2v) is 5.60. The van der Waals surface area contributed by atoms with Crippen LogP contribution in [0.5, 0.6) is 0 Å². The van der Waals surface area contributed by atoms with Crippen LogP contribution in [0.3, 0.4) is 0 Å². The van der Waals surface area contributed by atoms with Crippen molar-refractivity contribution in [3.63, 3.8) is 0 Å². The van der Waals surface area contributed by atoms with Gasteiger partial charge in [0.1, 0.15) is 0 Å². The first-order valence-corrected chi connectivity index (χ1v) is 6.18. The van der Waals surface area contributed by atoms with Gasteiger partial charge in [-0.2, -0.15) is 0 Å². The lowest BCUT2D eigenvalue weighted by Crippen LogP contribution is -2.36. The van der Waals surface area contributed by atoms with Gasteiger partial charge in [0.05, 0.1) is 0 Å². The van der Waals surface area contributed by atoms with Crippen molar-refractivity contribution in [3.8, 4) is 0 Å². The third kappa shape index (κ3) is 1.17. The summed E-state index contributed by atoms with van der Waals surface area (Å²) in [6.07, 6.45) is 9.76. The van der Waals surface area contributed by atoms with E-state index in [2.05, 4.69) is 6.92 Å². The molecular formula is C13H22. The summed E-state index contributed by atoms with van der Waals surface area (Å²) in [6.45, 7) is 2.20. The first-order valence-electron chi connectivity index (χ1n) is 6.68. The highest BCUT2D eigenvalue weighted by atomic mass is 14.5. The van der Waals surface area contributed by atoms with E-state index in [1.54, 1.807) is 0 Å². The van der Waals surface area contributed by atoms with E-state index in [0.717, 1.165) is 23.7 Å². The number of hydrogen-bond donors (Lipinski definition) is 0. The molecule has 0 aliphatic heterocycles. The van der Waals surface area contributed by atoms with Gasteiger partial charge in [-0.25, -0.2) is 0 Å². The highest BCUT2D eigenvalue weighted by molar-refractivity contribution is 4.96. The maximum absolute atomic E-state index is 8.46. The fourth-order valence-corrected chi connectivity index (χ4v) is 4.49. The van der Waals surface area contributed by atoms with Crippen molar-refractivity contribution < 1.29 is 1.37 Å². The van der Waals surface area contributed by atoms with Crippen LogP contribution < -0.4 is 0 Å². The second-order valence-electron chi connectivity index (χ2n) is 5.60. The largest absolute Gasteiger partial charge is 0.0622 e. The standard InChI is InChI=1S/C13H22/c1-9-5-6-11-8-7-10-3-2-4-12(9)13(10)11/h9-13H,2-8H2,1H3/t9-,10?,11?,12?,13?/m0/s1/i9D. The molecule has 0 aromatic rings. The minimum absolute atomic E-state index is 0.0792. The van der Waals surface area contributed by atoms with Crippen molar-refractivity contribution in [2.24, 2.45) is 29.6 Å². The van der Waals surface area contributed by atoms with Crippen molar-refractivity contribution in [3.05, 3.63) is 0 Å². The molecule has 0 nitrogen and oxygen atoms in total. The maximum atomic E-state index is 8.46. The van der Waals surface area contributed by atoms with E-state index in [0.29, 0.717) is 0 Å². The lowest BCUT2D eigenvalue weighted by atomic mass is 9.61. The molecule has 0 aromatic carbocycles. The molecule has 74 valence electrons. The Morgan fingerprint density at radius 1 is 0.923 bits per heavy atom. The maximum Gasteiger partial charge on any atom is 0.0303 e. The Kier molecular flexibility index (Phi) is 1.69. The van der Waals surface area contributed by atoms with Crippen LogP contribution in [-0.4, -0.2) is 0 Å². The van der Waals surface area contributed by atoms with Crippen molar-refractivity contribution in [2.75, 3.05) is 0 Å². The summed E-state index contributed by atoms with van der Waals surface area (Å²) in [5.41, 5.74) is 0. The molecule has 3 aliphatic carbocycles. The second kappa shape index (κ2) is 3.00. The molecule has 0 radical (unpaired) electrons. The first kappa shape index (κ1) is 7.31. The zero-order valence-corrected chi connectivity index (χ0v) is 8.76. The molecule has 3 fully saturated rings. The highest BCUT2D eigenvalue weighted by Crippen LogP contribution is 2.55. The molecule has 0 heterocycles. The van der Waals surface area contributed by atoms with Crippen molar-refractivity contribution in [2.45, 2.75) is 51.9 Å². The average Bonchev–Trinajstić information content (AvgIpc) is 2.57. The lowest BCUT2D eigenvalue weighted by Gasteiger charge is -2.44. The molecule has 0 N–H and O–H groups in total. The Balaban J connectivity index is 1.90. The van der Waals surface area contributed by atoms with Gasteiger partial charge in [-0.3, -0.25) is 0 Å². The molecule has 0 amide bonds. The quantitative estimate of drug-likeness (QED) is 0.529. The molecule has 3 saturated carbocycles. The molecular weight excluding hydrogens is 156 g/mol. The van der Waals surface area contributed by atoms with Gasteiger partial charge in [-0.15, -0.1) is 0 Å². The fraction of sp³-hybridized carbons (Fsp3) is 1.00. The zero-order valence-electron chi connectivity index (χ0n) is 9.76. The van der Waals surface area contributed by atoms with E-state index in [1.807, 2.05) is 0 Å². The Bertz CT molecular complexity index is 227. The van der Waals surface area contributed by atoms with Gasteiger partial charge in [0.25, 0.3) is 0 Å². The smallest absolute Gasteiger partial charge is 0.0303 e. The summed E-state index contributed by atoms with van der Waals surface area (Å²) in [5.74, 6) is 3.67. The average molecular weight is 179 g/mol. The van der Waals surface area contributed by atoms with Crippen LogP contribution in [0.15, 0.2) is 0 Å². The topological polar surface area (TPSA) is 0 Å². The first-order chi connectivity index (χ1) is 6.68. The Labute approximate surface area is 83.5 Å². The number of hydrogen-bond acceptors (Lipinski definition) is 0. The van der Waals surface area contributed by atoms with Gasteiger partial charge >= 0.3 is 0 Å². The van der Waals surface area contributed by atoms with E-state index >= 15 is 0 Å². The van der Waals surface area contributed by atoms with Gasteiger partial charge in [0, 0.05) is 1.37 Å². The Hall–Kier alpha value is 0. The molecule has 0 saturated heterocycles. The van der Waals surface area contributed by atoms with Gasteiger partial charge in [0.15, 0.2) is 0 Å². The molecule has 3 rings (SSSR count). The monoisotopic (exact) mass is 179 g/mol. The Morgan fingerprint density at radius 3 is 2.46 bits per heavy atom. The molecule has 0 spiro atoms. The fourth-order valence-electron chi connectivity index (χ4n) is 4.49.